The van der Waals surface area contributed by atoms with E-state index in [0.29, 0.717) is 23.4 Å². The fraction of sp³-hybridized carbons (Fsp3) is 0.250. The number of carbonyl (C=O) groups excluding carboxylic acids is 2. The van der Waals surface area contributed by atoms with Crippen LogP contribution in [0.2, 0.25) is 5.15 Å². The maximum atomic E-state index is 13.3. The third kappa shape index (κ3) is 7.42. The third-order valence-corrected chi connectivity index (χ3v) is 5.39. The van der Waals surface area contributed by atoms with Crippen molar-refractivity contribution in [2.24, 2.45) is 0 Å². The number of amides is 1. The lowest BCUT2D eigenvalue weighted by atomic mass is 10.0. The smallest absolute Gasteiger partial charge is 0.416 e. The Balaban J connectivity index is 2.07. The second kappa shape index (κ2) is 11.2. The number of ether oxygens (including phenoxy) is 1. The average molecular weight is 546 g/mol. The van der Waals surface area contributed by atoms with Gasteiger partial charge in [-0.1, -0.05) is 17.7 Å². The average Bonchev–Trinajstić information content (AvgIpc) is 2.82. The molecular formula is C24H18ClF6N3O3. The number of alkyl halides is 6. The molecule has 0 bridgehead atoms. The van der Waals surface area contributed by atoms with Gasteiger partial charge < -0.3 is 9.64 Å². The Morgan fingerprint density at radius 3 is 2.11 bits per heavy atom. The van der Waals surface area contributed by atoms with E-state index in [1.54, 1.807) is 24.3 Å². The number of esters is 1. The van der Waals surface area contributed by atoms with Gasteiger partial charge in [-0.15, -0.1) is 0 Å². The summed E-state index contributed by atoms with van der Waals surface area (Å²) < 4.78 is 84.8. The van der Waals surface area contributed by atoms with E-state index < -0.39 is 54.1 Å². The molecule has 0 saturated carbocycles. The summed E-state index contributed by atoms with van der Waals surface area (Å²) in [6.07, 6.45) is -7.26. The highest BCUT2D eigenvalue weighted by atomic mass is 35.5. The Morgan fingerprint density at radius 1 is 0.919 bits per heavy atom. The van der Waals surface area contributed by atoms with Crippen molar-refractivity contribution >= 4 is 23.5 Å². The molecule has 0 fully saturated rings. The van der Waals surface area contributed by atoms with Crippen molar-refractivity contribution in [3.8, 4) is 11.3 Å². The largest absolute Gasteiger partial charge is 0.456 e. The zero-order valence-electron chi connectivity index (χ0n) is 19.0. The van der Waals surface area contributed by atoms with E-state index in [0.717, 1.165) is 11.8 Å². The minimum absolute atomic E-state index is 0.00825. The van der Waals surface area contributed by atoms with Crippen molar-refractivity contribution in [1.82, 2.24) is 14.9 Å². The van der Waals surface area contributed by atoms with Gasteiger partial charge >= 0.3 is 18.3 Å². The van der Waals surface area contributed by atoms with Gasteiger partial charge in [0, 0.05) is 43.5 Å². The molecule has 0 N–H and O–H groups in total. The molecule has 0 spiro atoms. The maximum absolute atomic E-state index is 13.3. The number of rotatable bonds is 7. The van der Waals surface area contributed by atoms with E-state index in [1.807, 2.05) is 0 Å². The number of hydrogen-bond donors (Lipinski definition) is 0. The highest BCUT2D eigenvalue weighted by Gasteiger charge is 2.37. The van der Waals surface area contributed by atoms with Gasteiger partial charge in [-0.3, -0.25) is 14.6 Å². The number of carbonyl (C=O) groups is 2. The molecule has 0 saturated heterocycles. The Bertz CT molecular complexity index is 1250. The lowest BCUT2D eigenvalue weighted by Crippen LogP contribution is -2.34. The van der Waals surface area contributed by atoms with E-state index in [2.05, 4.69) is 9.97 Å². The summed E-state index contributed by atoms with van der Waals surface area (Å²) in [7, 11) is 0. The van der Waals surface area contributed by atoms with Crippen LogP contribution in [0.1, 0.15) is 29.2 Å². The standard InChI is InChI=1S/C24H18ClF6N3O3/c1-14(35)37-13-21(36)34(11-15-8-16(23(26,27)28)10-17(9-15)24(29,30)31)12-19-18(5-7-33-22(19)25)20-4-2-3-6-32-20/h2-10H,11-13H2,1H3. The highest BCUT2D eigenvalue weighted by Crippen LogP contribution is 2.37. The number of aromatic nitrogens is 2. The normalized spacial score (nSPS) is 11.8. The predicted molar refractivity (Wildman–Crippen MR) is 120 cm³/mol. The molecule has 0 aliphatic rings. The maximum Gasteiger partial charge on any atom is 0.416 e. The van der Waals surface area contributed by atoms with Gasteiger partial charge in [0.05, 0.1) is 16.8 Å². The molecule has 3 rings (SSSR count). The summed E-state index contributed by atoms with van der Waals surface area (Å²) in [5.74, 6) is -1.69. The van der Waals surface area contributed by atoms with E-state index in [-0.39, 0.29) is 23.3 Å². The summed E-state index contributed by atoms with van der Waals surface area (Å²) in [5.41, 5.74) is -2.39. The quantitative estimate of drug-likeness (QED) is 0.209. The Hall–Kier alpha value is -3.67. The number of halogens is 7. The summed E-state index contributed by atoms with van der Waals surface area (Å²) in [4.78, 5) is 33.2. The Labute approximate surface area is 211 Å². The van der Waals surface area contributed by atoms with Crippen LogP contribution in [-0.2, 0) is 39.8 Å². The first-order valence-corrected chi connectivity index (χ1v) is 10.9. The molecule has 6 nitrogen and oxygen atoms in total. The van der Waals surface area contributed by atoms with Crippen molar-refractivity contribution in [3.63, 3.8) is 0 Å². The van der Waals surface area contributed by atoms with Crippen molar-refractivity contribution < 1.29 is 40.7 Å². The van der Waals surface area contributed by atoms with Crippen LogP contribution in [0.3, 0.4) is 0 Å². The van der Waals surface area contributed by atoms with Crippen LogP contribution < -0.4 is 0 Å². The summed E-state index contributed by atoms with van der Waals surface area (Å²) in [6.45, 7) is -0.815. The molecule has 2 heterocycles. The Kier molecular flexibility index (Phi) is 8.42. The highest BCUT2D eigenvalue weighted by molar-refractivity contribution is 6.30. The van der Waals surface area contributed by atoms with Gasteiger partial charge in [0.15, 0.2) is 6.61 Å². The molecule has 1 aromatic carbocycles. The fourth-order valence-electron chi connectivity index (χ4n) is 3.39. The molecule has 0 unspecified atom stereocenters. The van der Waals surface area contributed by atoms with E-state index in [4.69, 9.17) is 16.3 Å². The zero-order valence-corrected chi connectivity index (χ0v) is 19.8. The van der Waals surface area contributed by atoms with E-state index >= 15 is 0 Å². The van der Waals surface area contributed by atoms with Crippen LogP contribution in [0, 0.1) is 0 Å². The van der Waals surface area contributed by atoms with Crippen molar-refractivity contribution in [2.75, 3.05) is 6.61 Å². The number of nitrogens with zero attached hydrogens (tertiary/aromatic N) is 3. The molecular weight excluding hydrogens is 528 g/mol. The topological polar surface area (TPSA) is 72.4 Å². The van der Waals surface area contributed by atoms with Crippen molar-refractivity contribution in [1.29, 1.82) is 0 Å². The van der Waals surface area contributed by atoms with Crippen LogP contribution in [0.4, 0.5) is 26.3 Å². The number of hydrogen-bond acceptors (Lipinski definition) is 5. The third-order valence-electron chi connectivity index (χ3n) is 5.07. The molecule has 13 heteroatoms. The van der Waals surface area contributed by atoms with Crippen LogP contribution in [-0.4, -0.2) is 33.4 Å². The SMILES string of the molecule is CC(=O)OCC(=O)N(Cc1cc(C(F)(F)F)cc(C(F)(F)F)c1)Cc1c(-c2ccccn2)ccnc1Cl. The van der Waals surface area contributed by atoms with Gasteiger partial charge in [0.2, 0.25) is 0 Å². The lowest BCUT2D eigenvalue weighted by molar-refractivity contribution is -0.150. The van der Waals surface area contributed by atoms with Crippen molar-refractivity contribution in [3.05, 3.63) is 82.3 Å². The molecule has 0 radical (unpaired) electrons. The second-order valence-corrected chi connectivity index (χ2v) is 8.15. The Morgan fingerprint density at radius 2 is 1.57 bits per heavy atom. The predicted octanol–water partition coefficient (Wildman–Crippen LogP) is 5.93. The molecule has 0 atom stereocenters. The van der Waals surface area contributed by atoms with Gasteiger partial charge in [0.25, 0.3) is 5.91 Å². The number of benzene rings is 1. The minimum atomic E-state index is -5.07. The molecule has 0 aliphatic heterocycles. The van der Waals surface area contributed by atoms with Gasteiger partial charge in [-0.25, -0.2) is 4.98 Å². The lowest BCUT2D eigenvalue weighted by Gasteiger charge is -2.25. The first kappa shape index (κ1) is 27.9. The first-order chi connectivity index (χ1) is 17.3. The van der Waals surface area contributed by atoms with Crippen LogP contribution in [0.5, 0.6) is 0 Å². The summed E-state index contributed by atoms with van der Waals surface area (Å²) in [5, 5.41) is -0.0616. The molecule has 196 valence electrons. The summed E-state index contributed by atoms with van der Waals surface area (Å²) >= 11 is 6.27. The molecule has 0 aliphatic carbocycles. The van der Waals surface area contributed by atoms with Crippen LogP contribution in [0.25, 0.3) is 11.3 Å². The van der Waals surface area contributed by atoms with Crippen LogP contribution >= 0.6 is 11.6 Å². The monoisotopic (exact) mass is 545 g/mol. The van der Waals surface area contributed by atoms with Gasteiger partial charge in [-0.2, -0.15) is 26.3 Å². The molecule has 1 amide bonds. The molecule has 2 aromatic heterocycles. The van der Waals surface area contributed by atoms with Crippen molar-refractivity contribution in [2.45, 2.75) is 32.4 Å². The zero-order chi connectivity index (χ0) is 27.4. The molecule has 3 aromatic rings. The van der Waals surface area contributed by atoms with Gasteiger partial charge in [0.1, 0.15) is 5.15 Å². The molecule has 37 heavy (non-hydrogen) atoms. The minimum Gasteiger partial charge on any atom is -0.456 e. The first-order valence-electron chi connectivity index (χ1n) is 10.5. The summed E-state index contributed by atoms with van der Waals surface area (Å²) in [6, 6.07) is 7.56. The van der Waals surface area contributed by atoms with E-state index in [9.17, 15) is 35.9 Å². The number of pyridine rings is 2. The van der Waals surface area contributed by atoms with E-state index in [1.165, 1.54) is 12.4 Å². The van der Waals surface area contributed by atoms with Crippen LogP contribution in [0.15, 0.2) is 54.9 Å². The fourth-order valence-corrected chi connectivity index (χ4v) is 3.61. The second-order valence-electron chi connectivity index (χ2n) is 7.79. The van der Waals surface area contributed by atoms with Gasteiger partial charge in [-0.05, 0) is 42.0 Å².